The van der Waals surface area contributed by atoms with E-state index < -0.39 is 12.1 Å². The molecular weight excluding hydrogens is 424 g/mol. The lowest BCUT2D eigenvalue weighted by atomic mass is 9.98. The summed E-state index contributed by atoms with van der Waals surface area (Å²) in [4.78, 5) is 28.8. The maximum atomic E-state index is 12.1. The van der Waals surface area contributed by atoms with Gasteiger partial charge in [0.25, 0.3) is 0 Å². The van der Waals surface area contributed by atoms with E-state index in [2.05, 4.69) is 29.6 Å². The van der Waals surface area contributed by atoms with E-state index in [1.54, 1.807) is 0 Å². The minimum Gasteiger partial charge on any atom is -0.492 e. The number of amides is 1. The van der Waals surface area contributed by atoms with Crippen molar-refractivity contribution in [2.75, 3.05) is 13.2 Å². The van der Waals surface area contributed by atoms with Crippen LogP contribution in [0.1, 0.15) is 42.7 Å². The lowest BCUT2D eigenvalue weighted by Crippen LogP contribution is -2.27. The van der Waals surface area contributed by atoms with Gasteiger partial charge >= 0.3 is 12.1 Å². The standard InChI is InChI=1S/C25H26N2O6/c28-22-13-14-23(29)27(22)33-24(30)12-2-1-7-15-26-25(31)32-16-21-19-10-5-3-8-17(19)18-9-4-6-11-20(18)21/h3-6,8-11,13-14,21,28-29H,1-2,7,12,15-16H2,(H,26,31). The molecule has 0 atom stereocenters. The Morgan fingerprint density at radius 1 is 0.848 bits per heavy atom. The number of carbonyl (C=O) groups excluding carboxylic acids is 2. The summed E-state index contributed by atoms with van der Waals surface area (Å²) in [6, 6.07) is 18.8. The third-order valence-electron chi connectivity index (χ3n) is 5.66. The van der Waals surface area contributed by atoms with Crippen LogP contribution in [0.15, 0.2) is 60.7 Å². The monoisotopic (exact) mass is 450 g/mol. The van der Waals surface area contributed by atoms with Crippen molar-refractivity contribution in [3.05, 3.63) is 71.8 Å². The molecule has 0 spiro atoms. The van der Waals surface area contributed by atoms with Crippen LogP contribution in [0.5, 0.6) is 11.8 Å². The Bertz CT molecular complexity index is 1070. The van der Waals surface area contributed by atoms with Crippen molar-refractivity contribution in [2.24, 2.45) is 0 Å². The average Bonchev–Trinajstić information content (AvgIpc) is 3.31. The van der Waals surface area contributed by atoms with E-state index in [-0.39, 0.29) is 30.7 Å². The predicted octanol–water partition coefficient (Wildman–Crippen LogP) is 3.95. The highest BCUT2D eigenvalue weighted by molar-refractivity contribution is 5.79. The van der Waals surface area contributed by atoms with Gasteiger partial charge in [-0.3, -0.25) is 0 Å². The van der Waals surface area contributed by atoms with Gasteiger partial charge in [0.2, 0.25) is 11.8 Å². The van der Waals surface area contributed by atoms with E-state index >= 15 is 0 Å². The van der Waals surface area contributed by atoms with E-state index in [0.29, 0.717) is 30.5 Å². The zero-order chi connectivity index (χ0) is 23.2. The lowest BCUT2D eigenvalue weighted by Gasteiger charge is -2.14. The van der Waals surface area contributed by atoms with E-state index in [9.17, 15) is 19.8 Å². The van der Waals surface area contributed by atoms with Crippen molar-refractivity contribution in [2.45, 2.75) is 31.6 Å². The van der Waals surface area contributed by atoms with Crippen LogP contribution in [-0.2, 0) is 9.53 Å². The molecule has 1 aliphatic carbocycles. The number of carbonyl (C=O) groups is 2. The summed E-state index contributed by atoms with van der Waals surface area (Å²) in [7, 11) is 0. The van der Waals surface area contributed by atoms with Gasteiger partial charge in [0.1, 0.15) is 6.61 Å². The van der Waals surface area contributed by atoms with Crippen molar-refractivity contribution in [1.82, 2.24) is 10.0 Å². The zero-order valence-corrected chi connectivity index (χ0v) is 18.1. The summed E-state index contributed by atoms with van der Waals surface area (Å²) < 4.78 is 6.16. The molecule has 0 bridgehead atoms. The van der Waals surface area contributed by atoms with E-state index in [4.69, 9.17) is 9.57 Å². The summed E-state index contributed by atoms with van der Waals surface area (Å²) in [5.74, 6) is -1.25. The number of aromatic nitrogens is 1. The Morgan fingerprint density at radius 2 is 1.45 bits per heavy atom. The van der Waals surface area contributed by atoms with Gasteiger partial charge in [-0.15, -0.1) is 4.73 Å². The van der Waals surface area contributed by atoms with Crippen LogP contribution in [0.3, 0.4) is 0 Å². The summed E-state index contributed by atoms with van der Waals surface area (Å²) in [6.45, 7) is 0.704. The first-order chi connectivity index (χ1) is 16.0. The van der Waals surface area contributed by atoms with Crippen LogP contribution in [0, 0.1) is 0 Å². The Hall–Kier alpha value is -3.94. The highest BCUT2D eigenvalue weighted by Gasteiger charge is 2.28. The van der Waals surface area contributed by atoms with E-state index in [1.807, 2.05) is 24.3 Å². The van der Waals surface area contributed by atoms with Gasteiger partial charge in [0, 0.05) is 31.0 Å². The maximum Gasteiger partial charge on any atom is 0.407 e. The maximum absolute atomic E-state index is 12.1. The van der Waals surface area contributed by atoms with E-state index in [1.165, 1.54) is 34.4 Å². The summed E-state index contributed by atoms with van der Waals surface area (Å²) >= 11 is 0. The number of benzene rings is 2. The summed E-state index contributed by atoms with van der Waals surface area (Å²) in [5, 5.41) is 21.7. The number of fused-ring (bicyclic) bond motifs is 3. The van der Waals surface area contributed by atoms with Crippen LogP contribution in [0.25, 0.3) is 11.1 Å². The van der Waals surface area contributed by atoms with Gasteiger partial charge in [-0.05, 0) is 35.1 Å². The second kappa shape index (κ2) is 10.1. The molecule has 0 unspecified atom stereocenters. The third-order valence-corrected chi connectivity index (χ3v) is 5.66. The summed E-state index contributed by atoms with van der Waals surface area (Å²) in [5.41, 5.74) is 4.70. The molecule has 3 N–H and O–H groups in total. The molecule has 8 nitrogen and oxygen atoms in total. The van der Waals surface area contributed by atoms with Crippen molar-refractivity contribution in [3.63, 3.8) is 0 Å². The number of unbranched alkanes of at least 4 members (excludes halogenated alkanes) is 2. The largest absolute Gasteiger partial charge is 0.492 e. The van der Waals surface area contributed by atoms with Gasteiger partial charge in [-0.25, -0.2) is 9.59 Å². The number of hydrogen-bond donors (Lipinski definition) is 3. The molecule has 0 radical (unpaired) electrons. The van der Waals surface area contributed by atoms with Crippen molar-refractivity contribution in [3.8, 4) is 22.9 Å². The number of rotatable bonds is 9. The SMILES string of the molecule is O=C(CCCCCNC(=O)OCC1c2ccccc2-c2ccccc21)On1c(O)ccc1O. The first-order valence-corrected chi connectivity index (χ1v) is 10.9. The molecule has 0 saturated heterocycles. The number of aromatic hydroxyl groups is 2. The normalized spacial score (nSPS) is 12.1. The molecule has 0 saturated carbocycles. The van der Waals surface area contributed by atoms with Crippen molar-refractivity contribution < 1.29 is 29.4 Å². The smallest absolute Gasteiger partial charge is 0.407 e. The highest BCUT2D eigenvalue weighted by Crippen LogP contribution is 2.44. The van der Waals surface area contributed by atoms with Crippen LogP contribution >= 0.6 is 0 Å². The van der Waals surface area contributed by atoms with Crippen molar-refractivity contribution >= 4 is 12.1 Å². The molecule has 172 valence electrons. The number of nitrogens with zero attached hydrogens (tertiary/aromatic N) is 1. The fraction of sp³-hybridized carbons (Fsp3) is 0.280. The molecule has 2 aromatic carbocycles. The van der Waals surface area contributed by atoms with Crippen LogP contribution in [0.4, 0.5) is 4.79 Å². The predicted molar refractivity (Wildman–Crippen MR) is 121 cm³/mol. The molecule has 0 aliphatic heterocycles. The number of alkyl carbamates (subject to hydrolysis) is 1. The molecule has 3 aromatic rings. The first-order valence-electron chi connectivity index (χ1n) is 10.9. The number of ether oxygens (including phenoxy) is 1. The molecule has 4 rings (SSSR count). The van der Waals surface area contributed by atoms with Gasteiger partial charge in [-0.2, -0.15) is 0 Å². The Balaban J connectivity index is 1.14. The Labute approximate surface area is 191 Å². The van der Waals surface area contributed by atoms with E-state index in [0.717, 1.165) is 0 Å². The molecule has 33 heavy (non-hydrogen) atoms. The second-order valence-corrected chi connectivity index (χ2v) is 7.87. The van der Waals surface area contributed by atoms with Gasteiger partial charge < -0.3 is 25.1 Å². The lowest BCUT2D eigenvalue weighted by molar-refractivity contribution is -0.145. The average molecular weight is 450 g/mol. The zero-order valence-electron chi connectivity index (χ0n) is 18.1. The van der Waals surface area contributed by atoms with Crippen LogP contribution in [0.2, 0.25) is 0 Å². The molecular formula is C25H26N2O6. The molecule has 1 heterocycles. The molecule has 0 fully saturated rings. The number of nitrogens with one attached hydrogen (secondary N) is 1. The van der Waals surface area contributed by atoms with Gasteiger partial charge in [-0.1, -0.05) is 55.0 Å². The second-order valence-electron chi connectivity index (χ2n) is 7.87. The highest BCUT2D eigenvalue weighted by atomic mass is 16.7. The Kier molecular flexibility index (Phi) is 6.83. The van der Waals surface area contributed by atoms with Crippen LogP contribution < -0.4 is 10.2 Å². The van der Waals surface area contributed by atoms with Gasteiger partial charge in [0.15, 0.2) is 0 Å². The van der Waals surface area contributed by atoms with Crippen LogP contribution in [-0.4, -0.2) is 40.2 Å². The topological polar surface area (TPSA) is 110 Å². The van der Waals surface area contributed by atoms with Crippen molar-refractivity contribution in [1.29, 1.82) is 0 Å². The first kappa shape index (κ1) is 22.3. The quantitative estimate of drug-likeness (QED) is 0.426. The number of hydrogen-bond acceptors (Lipinski definition) is 6. The molecule has 8 heteroatoms. The molecule has 1 aromatic heterocycles. The Morgan fingerprint density at radius 3 is 2.09 bits per heavy atom. The van der Waals surface area contributed by atoms with Gasteiger partial charge in [0.05, 0.1) is 0 Å². The fourth-order valence-electron chi connectivity index (χ4n) is 4.05. The summed E-state index contributed by atoms with van der Waals surface area (Å²) in [6.07, 6.45) is 1.59. The minimum absolute atomic E-state index is 0.0216. The molecule has 1 aliphatic rings. The minimum atomic E-state index is -0.568. The molecule has 1 amide bonds. The third kappa shape index (κ3) is 5.11. The fourth-order valence-corrected chi connectivity index (χ4v) is 4.05.